The quantitative estimate of drug-likeness (QED) is 0.231. The van der Waals surface area contributed by atoms with Gasteiger partial charge in [0.15, 0.2) is 0 Å². The second kappa shape index (κ2) is 7.97. The Kier molecular flexibility index (Phi) is 6.99. The van der Waals surface area contributed by atoms with E-state index in [0.29, 0.717) is 0 Å². The molecule has 0 radical (unpaired) electrons. The van der Waals surface area contributed by atoms with Crippen molar-refractivity contribution < 1.29 is 14.6 Å². The predicted molar refractivity (Wildman–Crippen MR) is 63.3 cm³/mol. The lowest BCUT2D eigenvalue weighted by Crippen LogP contribution is -2.38. The van der Waals surface area contributed by atoms with E-state index in [1.165, 1.54) is 6.92 Å². The van der Waals surface area contributed by atoms with Crippen LogP contribution in [0.3, 0.4) is 0 Å². The molecule has 0 aliphatic rings. The Morgan fingerprint density at radius 2 is 1.89 bits per heavy atom. The lowest BCUT2D eigenvalue weighted by molar-refractivity contribution is -0.143. The SMILES string of the molecule is C=C(C)C(=O)OCC(CO)(CN=[N+]=[N-])CN=[N+]=[N-]. The third-order valence-electron chi connectivity index (χ3n) is 2.13. The summed E-state index contributed by atoms with van der Waals surface area (Å²) in [7, 11) is 0. The minimum atomic E-state index is -1.11. The van der Waals surface area contributed by atoms with E-state index < -0.39 is 18.0 Å². The van der Waals surface area contributed by atoms with Gasteiger partial charge < -0.3 is 9.84 Å². The van der Waals surface area contributed by atoms with Crippen molar-refractivity contribution in [3.8, 4) is 0 Å². The molecule has 0 aromatic heterocycles. The van der Waals surface area contributed by atoms with Gasteiger partial charge in [0.05, 0.1) is 13.2 Å². The fourth-order valence-corrected chi connectivity index (χ4v) is 0.992. The topological polar surface area (TPSA) is 144 Å². The summed E-state index contributed by atoms with van der Waals surface area (Å²) in [6, 6.07) is 0. The Morgan fingerprint density at radius 3 is 2.22 bits per heavy atom. The first-order chi connectivity index (χ1) is 8.51. The van der Waals surface area contributed by atoms with E-state index in [9.17, 15) is 9.90 Å². The maximum absolute atomic E-state index is 11.2. The summed E-state index contributed by atoms with van der Waals surface area (Å²) in [6.07, 6.45) is 0. The van der Waals surface area contributed by atoms with Gasteiger partial charge in [0, 0.05) is 33.9 Å². The van der Waals surface area contributed by atoms with Crippen LogP contribution in [0.1, 0.15) is 6.92 Å². The van der Waals surface area contributed by atoms with Gasteiger partial charge in [0.25, 0.3) is 0 Å². The number of azide groups is 2. The average Bonchev–Trinajstić information content (AvgIpc) is 2.38. The van der Waals surface area contributed by atoms with Crippen LogP contribution in [0.15, 0.2) is 22.4 Å². The van der Waals surface area contributed by atoms with Crippen molar-refractivity contribution >= 4 is 5.97 Å². The van der Waals surface area contributed by atoms with Crippen LogP contribution < -0.4 is 0 Å². The van der Waals surface area contributed by atoms with Gasteiger partial charge in [-0.3, -0.25) is 0 Å². The molecule has 0 spiro atoms. The molecule has 0 aliphatic heterocycles. The molecule has 18 heavy (non-hydrogen) atoms. The number of hydrogen-bond donors (Lipinski definition) is 1. The molecule has 0 bridgehead atoms. The van der Waals surface area contributed by atoms with E-state index in [4.69, 9.17) is 15.8 Å². The molecule has 0 fully saturated rings. The smallest absolute Gasteiger partial charge is 0.333 e. The molecule has 0 aromatic carbocycles. The summed E-state index contributed by atoms with van der Waals surface area (Å²) in [5.74, 6) is -0.630. The van der Waals surface area contributed by atoms with Crippen molar-refractivity contribution in [2.24, 2.45) is 15.6 Å². The van der Waals surface area contributed by atoms with Crippen molar-refractivity contribution in [2.45, 2.75) is 6.92 Å². The number of carbonyl (C=O) groups excluding carboxylic acids is 1. The van der Waals surface area contributed by atoms with Gasteiger partial charge in [0.2, 0.25) is 0 Å². The molecule has 9 heteroatoms. The largest absolute Gasteiger partial charge is 0.462 e. The van der Waals surface area contributed by atoms with Crippen LogP contribution in [-0.2, 0) is 9.53 Å². The van der Waals surface area contributed by atoms with E-state index in [0.717, 1.165) is 0 Å². The van der Waals surface area contributed by atoms with Crippen molar-refractivity contribution in [3.63, 3.8) is 0 Å². The number of aliphatic hydroxyl groups excluding tert-OH is 1. The van der Waals surface area contributed by atoms with Crippen molar-refractivity contribution in [2.75, 3.05) is 26.3 Å². The Bertz CT molecular complexity index is 389. The molecule has 0 heterocycles. The number of carbonyl (C=O) groups is 1. The molecule has 1 N–H and O–H groups in total. The molecule has 0 atom stereocenters. The zero-order valence-electron chi connectivity index (χ0n) is 9.98. The summed E-state index contributed by atoms with van der Waals surface area (Å²) in [5.41, 5.74) is 15.6. The molecule has 0 saturated heterocycles. The molecule has 0 unspecified atom stereocenters. The van der Waals surface area contributed by atoms with Crippen LogP contribution in [0, 0.1) is 5.41 Å². The first-order valence-corrected chi connectivity index (χ1v) is 4.96. The standard InChI is InChI=1S/C9H14N6O3/c1-7(2)8(17)18-6-9(5-16,3-12-14-10)4-13-15-11/h16H,1,3-6H2,2H3. The molecule has 0 rings (SSSR count). The highest BCUT2D eigenvalue weighted by molar-refractivity contribution is 5.86. The fourth-order valence-electron chi connectivity index (χ4n) is 0.992. The number of esters is 1. The maximum Gasteiger partial charge on any atom is 0.333 e. The highest BCUT2D eigenvalue weighted by atomic mass is 16.5. The van der Waals surface area contributed by atoms with Gasteiger partial charge in [-0.25, -0.2) is 4.79 Å². The van der Waals surface area contributed by atoms with Crippen LogP contribution in [0.25, 0.3) is 20.9 Å². The molecular weight excluding hydrogens is 240 g/mol. The van der Waals surface area contributed by atoms with Gasteiger partial charge in [-0.1, -0.05) is 16.8 Å². The number of aliphatic hydroxyl groups is 1. The maximum atomic E-state index is 11.2. The molecule has 0 saturated carbocycles. The molecule has 0 aromatic rings. The second-order valence-electron chi connectivity index (χ2n) is 3.79. The summed E-state index contributed by atoms with van der Waals surface area (Å²) >= 11 is 0. The highest BCUT2D eigenvalue weighted by Crippen LogP contribution is 2.19. The van der Waals surface area contributed by atoms with Crippen LogP contribution >= 0.6 is 0 Å². The van der Waals surface area contributed by atoms with E-state index in [2.05, 4.69) is 26.6 Å². The summed E-state index contributed by atoms with van der Waals surface area (Å²) < 4.78 is 4.89. The van der Waals surface area contributed by atoms with Crippen LogP contribution in [-0.4, -0.2) is 37.4 Å². The molecular formula is C9H14N6O3. The number of ether oxygens (including phenoxy) is 1. The Labute approximate surface area is 103 Å². The van der Waals surface area contributed by atoms with Crippen LogP contribution in [0.2, 0.25) is 0 Å². The third kappa shape index (κ3) is 5.22. The first kappa shape index (κ1) is 15.8. The molecule has 9 nitrogen and oxygen atoms in total. The van der Waals surface area contributed by atoms with E-state index in [1.807, 2.05) is 0 Å². The molecule has 98 valence electrons. The number of nitrogens with zero attached hydrogens (tertiary/aromatic N) is 6. The van der Waals surface area contributed by atoms with Crippen LogP contribution in [0.4, 0.5) is 0 Å². The first-order valence-electron chi connectivity index (χ1n) is 4.96. The zero-order chi connectivity index (χ0) is 14.0. The van der Waals surface area contributed by atoms with Gasteiger partial charge >= 0.3 is 5.97 Å². The van der Waals surface area contributed by atoms with Gasteiger partial charge in [-0.15, -0.1) is 0 Å². The fraction of sp³-hybridized carbons (Fsp3) is 0.667. The third-order valence-corrected chi connectivity index (χ3v) is 2.13. The monoisotopic (exact) mass is 254 g/mol. The summed E-state index contributed by atoms with van der Waals surface area (Å²) in [6.45, 7) is 3.90. The normalized spacial score (nSPS) is 12.6. The summed E-state index contributed by atoms with van der Waals surface area (Å²) in [4.78, 5) is 16.4. The Balaban J connectivity index is 4.81. The second-order valence-corrected chi connectivity index (χ2v) is 3.79. The Morgan fingerprint density at radius 1 is 1.39 bits per heavy atom. The van der Waals surface area contributed by atoms with E-state index in [1.54, 1.807) is 0 Å². The predicted octanol–water partition coefficient (Wildman–Crippen LogP) is 1.70. The minimum Gasteiger partial charge on any atom is -0.462 e. The van der Waals surface area contributed by atoms with Crippen molar-refractivity contribution in [1.82, 2.24) is 0 Å². The van der Waals surface area contributed by atoms with E-state index in [-0.39, 0.29) is 25.3 Å². The van der Waals surface area contributed by atoms with Crippen molar-refractivity contribution in [1.29, 1.82) is 0 Å². The van der Waals surface area contributed by atoms with Gasteiger partial charge in [0.1, 0.15) is 0 Å². The van der Waals surface area contributed by atoms with Crippen LogP contribution in [0.5, 0.6) is 0 Å². The average molecular weight is 254 g/mol. The van der Waals surface area contributed by atoms with E-state index >= 15 is 0 Å². The van der Waals surface area contributed by atoms with Crippen molar-refractivity contribution in [3.05, 3.63) is 33.0 Å². The minimum absolute atomic E-state index is 0.150. The number of rotatable bonds is 8. The highest BCUT2D eigenvalue weighted by Gasteiger charge is 2.30. The van der Waals surface area contributed by atoms with Gasteiger partial charge in [-0.05, 0) is 18.0 Å². The van der Waals surface area contributed by atoms with Gasteiger partial charge in [-0.2, -0.15) is 0 Å². The Hall–Kier alpha value is -2.21. The molecule has 0 aliphatic carbocycles. The summed E-state index contributed by atoms with van der Waals surface area (Å²) in [5, 5.41) is 15.9. The lowest BCUT2D eigenvalue weighted by atomic mass is 9.90. The number of hydrogen-bond acceptors (Lipinski definition) is 5. The molecule has 0 amide bonds. The zero-order valence-corrected chi connectivity index (χ0v) is 9.98. The lowest BCUT2D eigenvalue weighted by Gasteiger charge is -2.27.